The van der Waals surface area contributed by atoms with E-state index in [1.165, 1.54) is 56.7 Å². The number of hydrogen-bond acceptors (Lipinski definition) is 1. The van der Waals surface area contributed by atoms with Crippen molar-refractivity contribution in [3.8, 4) is 0 Å². The molecule has 0 saturated heterocycles. The van der Waals surface area contributed by atoms with E-state index >= 15 is 0 Å². The number of hydrogen-bond donors (Lipinski definition) is 0. The van der Waals surface area contributed by atoms with Crippen molar-refractivity contribution in [3.05, 3.63) is 0 Å². The Balaban J connectivity index is 4.39. The number of unbranched alkanes of at least 4 members (excludes halogenated alkanes) is 6. The van der Waals surface area contributed by atoms with Crippen LogP contribution in [0.15, 0.2) is 0 Å². The molecule has 0 aromatic heterocycles. The van der Waals surface area contributed by atoms with Gasteiger partial charge in [-0.15, -0.1) is 34.8 Å². The summed E-state index contributed by atoms with van der Waals surface area (Å²) in [5.74, 6) is 2.36. The van der Waals surface area contributed by atoms with E-state index in [1.54, 1.807) is 0 Å². The van der Waals surface area contributed by atoms with Crippen molar-refractivity contribution in [2.75, 3.05) is 24.2 Å². The lowest BCUT2D eigenvalue weighted by Crippen LogP contribution is -2.38. The molecule has 0 aliphatic rings. The summed E-state index contributed by atoms with van der Waals surface area (Å²) < 4.78 is 6.41. The minimum absolute atomic E-state index is 0.786. The third kappa shape index (κ3) is 12.5. The van der Waals surface area contributed by atoms with Crippen molar-refractivity contribution in [3.63, 3.8) is 0 Å². The maximum Gasteiger partial charge on any atom is 0.192 e. The van der Waals surface area contributed by atoms with Gasteiger partial charge in [0.25, 0.3) is 0 Å². The fraction of sp³-hybridized carbons (Fsp3) is 1.00. The van der Waals surface area contributed by atoms with Gasteiger partial charge in [0, 0.05) is 24.2 Å². The molecule has 0 N–H and O–H groups in total. The SMILES string of the molecule is CCO[Si](CCCCCCl)(CCCCCCl)CCCCCCl. The van der Waals surface area contributed by atoms with Gasteiger partial charge in [0.2, 0.25) is 0 Å². The molecule has 1 nitrogen and oxygen atoms in total. The molecule has 0 atom stereocenters. The van der Waals surface area contributed by atoms with Crippen molar-refractivity contribution in [2.45, 2.75) is 82.8 Å². The highest BCUT2D eigenvalue weighted by Crippen LogP contribution is 2.30. The Hall–Kier alpha value is 1.05. The Kier molecular flexibility index (Phi) is 17.7. The van der Waals surface area contributed by atoms with E-state index in [0.29, 0.717) is 0 Å². The smallest absolute Gasteiger partial charge is 0.192 e. The second kappa shape index (κ2) is 16.9. The topological polar surface area (TPSA) is 9.23 Å². The highest BCUT2D eigenvalue weighted by atomic mass is 35.5. The van der Waals surface area contributed by atoms with Gasteiger partial charge in [-0.25, -0.2) is 0 Å². The van der Waals surface area contributed by atoms with Gasteiger partial charge in [-0.1, -0.05) is 38.5 Å². The zero-order chi connectivity index (χ0) is 16.5. The molecule has 0 aliphatic carbocycles. The van der Waals surface area contributed by atoms with E-state index in [1.807, 2.05) is 0 Å². The lowest BCUT2D eigenvalue weighted by atomic mass is 10.3. The molecule has 0 aromatic carbocycles. The molecule has 22 heavy (non-hydrogen) atoms. The Labute approximate surface area is 154 Å². The van der Waals surface area contributed by atoms with E-state index in [-0.39, 0.29) is 0 Å². The van der Waals surface area contributed by atoms with Crippen LogP contribution in [0.25, 0.3) is 0 Å². The molecule has 0 bridgehead atoms. The summed E-state index contributed by atoms with van der Waals surface area (Å²) in [6.45, 7) is 3.02. The van der Waals surface area contributed by atoms with Crippen LogP contribution in [0.5, 0.6) is 0 Å². The summed E-state index contributed by atoms with van der Waals surface area (Å²) in [6, 6.07) is 3.92. The van der Waals surface area contributed by atoms with Gasteiger partial charge in [0.05, 0.1) is 0 Å². The monoisotopic (exact) mass is 388 g/mol. The van der Waals surface area contributed by atoms with Crippen LogP contribution in [-0.2, 0) is 4.43 Å². The van der Waals surface area contributed by atoms with E-state index in [4.69, 9.17) is 39.2 Å². The van der Waals surface area contributed by atoms with Crippen LogP contribution in [0.1, 0.15) is 64.7 Å². The van der Waals surface area contributed by atoms with E-state index in [9.17, 15) is 0 Å². The minimum atomic E-state index is -1.57. The lowest BCUT2D eigenvalue weighted by molar-refractivity contribution is 0.313. The Morgan fingerprint density at radius 1 is 0.591 bits per heavy atom. The zero-order valence-corrected chi connectivity index (χ0v) is 17.6. The van der Waals surface area contributed by atoms with E-state index in [0.717, 1.165) is 43.5 Å². The first-order valence-corrected chi connectivity index (χ1v) is 13.2. The molecule has 0 amide bonds. The standard InChI is InChI=1S/C17H35Cl3OSi/c1-2-21-22(15-9-3-6-12-18,16-10-4-7-13-19)17-11-5-8-14-20/h2-17H2,1H3. The fourth-order valence-corrected chi connectivity index (χ4v) is 8.10. The molecule has 5 heteroatoms. The minimum Gasteiger partial charge on any atom is -0.417 e. The number of rotatable bonds is 17. The van der Waals surface area contributed by atoms with Gasteiger partial charge < -0.3 is 4.43 Å². The van der Waals surface area contributed by atoms with Crippen molar-refractivity contribution < 1.29 is 4.43 Å². The van der Waals surface area contributed by atoms with E-state index in [2.05, 4.69) is 6.92 Å². The number of halogens is 3. The molecular weight excluding hydrogens is 355 g/mol. The van der Waals surface area contributed by atoms with Gasteiger partial charge in [0.15, 0.2) is 8.32 Å². The van der Waals surface area contributed by atoms with E-state index < -0.39 is 8.32 Å². The Morgan fingerprint density at radius 2 is 0.955 bits per heavy atom. The van der Waals surface area contributed by atoms with Crippen LogP contribution in [0.3, 0.4) is 0 Å². The zero-order valence-electron chi connectivity index (χ0n) is 14.4. The first-order valence-electron chi connectivity index (χ1n) is 9.06. The molecule has 0 aromatic rings. The molecule has 0 aliphatic heterocycles. The summed E-state index contributed by atoms with van der Waals surface area (Å²) in [7, 11) is -1.57. The summed E-state index contributed by atoms with van der Waals surface area (Å²) in [4.78, 5) is 0. The van der Waals surface area contributed by atoms with Crippen molar-refractivity contribution in [2.24, 2.45) is 0 Å². The van der Waals surface area contributed by atoms with Crippen LogP contribution in [-0.4, -0.2) is 32.6 Å². The molecule has 0 radical (unpaired) electrons. The van der Waals surface area contributed by atoms with Gasteiger partial charge in [-0.05, 0) is 44.3 Å². The second-order valence-electron chi connectivity index (χ2n) is 6.11. The average molecular weight is 390 g/mol. The third-order valence-electron chi connectivity index (χ3n) is 4.25. The van der Waals surface area contributed by atoms with Crippen LogP contribution < -0.4 is 0 Å². The molecule has 134 valence electrons. The second-order valence-corrected chi connectivity index (χ2v) is 11.4. The maximum atomic E-state index is 6.41. The first-order chi connectivity index (χ1) is 10.7. The Morgan fingerprint density at radius 3 is 1.23 bits per heavy atom. The average Bonchev–Trinajstić information content (AvgIpc) is 2.53. The van der Waals surface area contributed by atoms with Crippen molar-refractivity contribution in [1.29, 1.82) is 0 Å². The summed E-state index contributed by atoms with van der Waals surface area (Å²) in [5, 5.41) is 0. The van der Waals surface area contributed by atoms with Crippen LogP contribution in [0.2, 0.25) is 18.1 Å². The van der Waals surface area contributed by atoms with Gasteiger partial charge in [0.1, 0.15) is 0 Å². The normalized spacial score (nSPS) is 12.0. The molecule has 0 heterocycles. The summed E-state index contributed by atoms with van der Waals surface area (Å²) in [6.07, 6.45) is 11.0. The maximum absolute atomic E-state index is 6.41. The molecule has 0 fully saturated rings. The van der Waals surface area contributed by atoms with Gasteiger partial charge in [-0.3, -0.25) is 0 Å². The fourth-order valence-electron chi connectivity index (χ4n) is 3.05. The quantitative estimate of drug-likeness (QED) is 0.145. The number of alkyl halides is 3. The Bertz CT molecular complexity index is 199. The highest BCUT2D eigenvalue weighted by Gasteiger charge is 2.32. The molecule has 0 saturated carbocycles. The first kappa shape index (κ1) is 23.0. The van der Waals surface area contributed by atoms with Gasteiger partial charge in [-0.2, -0.15) is 0 Å². The van der Waals surface area contributed by atoms with Crippen molar-refractivity contribution in [1.82, 2.24) is 0 Å². The van der Waals surface area contributed by atoms with Gasteiger partial charge >= 0.3 is 0 Å². The summed E-state index contributed by atoms with van der Waals surface area (Å²) in [5.41, 5.74) is 0. The third-order valence-corrected chi connectivity index (χ3v) is 9.75. The molecule has 0 spiro atoms. The summed E-state index contributed by atoms with van der Waals surface area (Å²) >= 11 is 17.4. The lowest BCUT2D eigenvalue weighted by Gasteiger charge is -2.31. The molecule has 0 unspecified atom stereocenters. The van der Waals surface area contributed by atoms with Crippen molar-refractivity contribution >= 4 is 43.1 Å². The largest absolute Gasteiger partial charge is 0.417 e. The predicted molar refractivity (Wildman–Crippen MR) is 106 cm³/mol. The predicted octanol–water partition coefficient (Wildman–Crippen LogP) is 7.20. The van der Waals surface area contributed by atoms with Crippen LogP contribution in [0, 0.1) is 0 Å². The van der Waals surface area contributed by atoms with Crippen LogP contribution in [0.4, 0.5) is 0 Å². The highest BCUT2D eigenvalue weighted by molar-refractivity contribution is 6.73. The molecular formula is C17H35Cl3OSi. The molecule has 0 rings (SSSR count). The van der Waals surface area contributed by atoms with Crippen LogP contribution >= 0.6 is 34.8 Å².